The van der Waals surface area contributed by atoms with Crippen molar-refractivity contribution in [2.45, 2.75) is 45.6 Å². The van der Waals surface area contributed by atoms with Crippen LogP contribution in [0.3, 0.4) is 0 Å². The zero-order chi connectivity index (χ0) is 14.9. The number of benzene rings is 1. The van der Waals surface area contributed by atoms with E-state index in [0.717, 1.165) is 30.1 Å². The van der Waals surface area contributed by atoms with Crippen molar-refractivity contribution >= 4 is 22.6 Å². The van der Waals surface area contributed by atoms with E-state index >= 15 is 0 Å². The average molecular weight is 307 g/mol. The number of alkyl halides is 1. The number of nitrogens with zero attached hydrogens (tertiary/aromatic N) is 2. The van der Waals surface area contributed by atoms with Gasteiger partial charge in [0.05, 0.1) is 18.1 Å². The number of rotatable bonds is 6. The Hall–Kier alpha value is -1.22. The molecule has 0 bridgehead atoms. The van der Waals surface area contributed by atoms with Crippen molar-refractivity contribution in [1.29, 1.82) is 0 Å². The van der Waals surface area contributed by atoms with Gasteiger partial charge < -0.3 is 9.30 Å². The number of fused-ring (bicyclic) bond motifs is 1. The molecule has 114 valence electrons. The number of halogens is 1. The average Bonchev–Trinajstić information content (AvgIpc) is 2.79. The molecule has 21 heavy (non-hydrogen) atoms. The fourth-order valence-corrected chi connectivity index (χ4v) is 3.54. The molecule has 1 aromatic heterocycles. The van der Waals surface area contributed by atoms with Crippen molar-refractivity contribution in [2.24, 2.45) is 5.41 Å². The lowest BCUT2D eigenvalue weighted by Gasteiger charge is -2.42. The normalized spacial score (nSPS) is 16.9. The third-order valence-corrected chi connectivity index (χ3v) is 5.20. The summed E-state index contributed by atoms with van der Waals surface area (Å²) >= 11 is 5.97. The summed E-state index contributed by atoms with van der Waals surface area (Å²) in [6, 6.07) is 6.16. The van der Waals surface area contributed by atoms with Crippen LogP contribution in [0.4, 0.5) is 0 Å². The Morgan fingerprint density at radius 1 is 1.38 bits per heavy atom. The van der Waals surface area contributed by atoms with Gasteiger partial charge in [0.2, 0.25) is 0 Å². The van der Waals surface area contributed by atoms with Crippen LogP contribution in [0.5, 0.6) is 5.75 Å². The maximum Gasteiger partial charge on any atom is 0.121 e. The van der Waals surface area contributed by atoms with Crippen LogP contribution in [0, 0.1) is 5.41 Å². The predicted molar refractivity (Wildman–Crippen MR) is 87.3 cm³/mol. The highest BCUT2D eigenvalue weighted by atomic mass is 35.5. The molecule has 2 aromatic rings. The van der Waals surface area contributed by atoms with Crippen LogP contribution in [0.1, 0.15) is 38.4 Å². The van der Waals surface area contributed by atoms with E-state index in [2.05, 4.69) is 17.6 Å². The molecule has 1 aliphatic rings. The fourth-order valence-electron chi connectivity index (χ4n) is 3.37. The van der Waals surface area contributed by atoms with Crippen molar-refractivity contribution < 1.29 is 4.74 Å². The van der Waals surface area contributed by atoms with E-state index in [-0.39, 0.29) is 0 Å². The highest BCUT2D eigenvalue weighted by Crippen LogP contribution is 2.46. The molecule has 0 unspecified atom stereocenters. The Kier molecular flexibility index (Phi) is 4.12. The third kappa shape index (κ3) is 2.64. The summed E-state index contributed by atoms with van der Waals surface area (Å²) in [4.78, 5) is 4.79. The number of hydrogen-bond acceptors (Lipinski definition) is 2. The molecule has 4 heteroatoms. The highest BCUT2D eigenvalue weighted by Gasteiger charge is 2.36. The molecule has 3 rings (SSSR count). The van der Waals surface area contributed by atoms with Gasteiger partial charge in [-0.25, -0.2) is 4.98 Å². The maximum absolute atomic E-state index is 5.97. The SMILES string of the molecule is CCC1(Cn2c(CCCl)nc3cc(OC)ccc32)CCC1. The van der Waals surface area contributed by atoms with Crippen LogP contribution < -0.4 is 4.74 Å². The first kappa shape index (κ1) is 14.7. The topological polar surface area (TPSA) is 27.1 Å². The molecule has 0 atom stereocenters. The molecule has 1 aromatic carbocycles. The Balaban J connectivity index is 2.03. The van der Waals surface area contributed by atoms with Gasteiger partial charge in [0.15, 0.2) is 0 Å². The first-order valence-corrected chi connectivity index (χ1v) is 8.34. The Labute approximate surface area is 131 Å². The molecule has 0 saturated heterocycles. The van der Waals surface area contributed by atoms with E-state index < -0.39 is 0 Å². The summed E-state index contributed by atoms with van der Waals surface area (Å²) in [6.45, 7) is 3.38. The van der Waals surface area contributed by atoms with Crippen LogP contribution in [0.2, 0.25) is 0 Å². The maximum atomic E-state index is 5.97. The molecule has 0 spiro atoms. The smallest absolute Gasteiger partial charge is 0.121 e. The zero-order valence-corrected chi connectivity index (χ0v) is 13.6. The number of aryl methyl sites for hydroxylation is 1. The second kappa shape index (κ2) is 5.88. The van der Waals surface area contributed by atoms with Gasteiger partial charge in [-0.3, -0.25) is 0 Å². The third-order valence-electron chi connectivity index (χ3n) is 5.01. The molecule has 0 amide bonds. The van der Waals surface area contributed by atoms with E-state index in [1.807, 2.05) is 12.1 Å². The van der Waals surface area contributed by atoms with Gasteiger partial charge in [0, 0.05) is 24.9 Å². The monoisotopic (exact) mass is 306 g/mol. The van der Waals surface area contributed by atoms with Gasteiger partial charge in [0.25, 0.3) is 0 Å². The predicted octanol–water partition coefficient (Wildman–Crippen LogP) is 4.41. The largest absolute Gasteiger partial charge is 0.497 e. The van der Waals surface area contributed by atoms with Crippen LogP contribution in [0.25, 0.3) is 11.0 Å². The van der Waals surface area contributed by atoms with Crippen LogP contribution >= 0.6 is 11.6 Å². The molecule has 0 radical (unpaired) electrons. The number of methoxy groups -OCH3 is 1. The van der Waals surface area contributed by atoms with Gasteiger partial charge in [-0.2, -0.15) is 0 Å². The summed E-state index contributed by atoms with van der Waals surface area (Å²) < 4.78 is 7.70. The van der Waals surface area contributed by atoms with E-state index in [1.54, 1.807) is 7.11 Å². The van der Waals surface area contributed by atoms with E-state index in [9.17, 15) is 0 Å². The van der Waals surface area contributed by atoms with Crippen molar-refractivity contribution in [3.05, 3.63) is 24.0 Å². The molecule has 1 aliphatic carbocycles. The number of imidazole rings is 1. The molecular weight excluding hydrogens is 284 g/mol. The van der Waals surface area contributed by atoms with Crippen molar-refractivity contribution in [3.63, 3.8) is 0 Å². The second-order valence-electron chi connectivity index (χ2n) is 6.11. The second-order valence-corrected chi connectivity index (χ2v) is 6.49. The van der Waals surface area contributed by atoms with E-state index in [0.29, 0.717) is 11.3 Å². The lowest BCUT2D eigenvalue weighted by Crippen LogP contribution is -2.34. The molecule has 0 aliphatic heterocycles. The van der Waals surface area contributed by atoms with Gasteiger partial charge in [0.1, 0.15) is 11.6 Å². The van der Waals surface area contributed by atoms with Gasteiger partial charge in [-0.15, -0.1) is 11.6 Å². The van der Waals surface area contributed by atoms with Crippen LogP contribution in [0.15, 0.2) is 18.2 Å². The zero-order valence-electron chi connectivity index (χ0n) is 12.9. The number of hydrogen-bond donors (Lipinski definition) is 0. The first-order chi connectivity index (χ1) is 10.2. The van der Waals surface area contributed by atoms with Crippen LogP contribution in [-0.2, 0) is 13.0 Å². The summed E-state index contributed by atoms with van der Waals surface area (Å²) in [7, 11) is 1.69. The minimum absolute atomic E-state index is 0.467. The minimum atomic E-state index is 0.467. The van der Waals surface area contributed by atoms with Crippen LogP contribution in [-0.4, -0.2) is 22.5 Å². The summed E-state index contributed by atoms with van der Waals surface area (Å²) in [6.07, 6.45) is 6.08. The van der Waals surface area contributed by atoms with Gasteiger partial charge >= 0.3 is 0 Å². The number of ether oxygens (including phenoxy) is 1. The van der Waals surface area contributed by atoms with E-state index in [4.69, 9.17) is 21.3 Å². The Morgan fingerprint density at radius 3 is 2.76 bits per heavy atom. The lowest BCUT2D eigenvalue weighted by atomic mass is 9.67. The van der Waals surface area contributed by atoms with Crippen molar-refractivity contribution in [1.82, 2.24) is 9.55 Å². The molecular formula is C17H23ClN2O. The Morgan fingerprint density at radius 2 is 2.19 bits per heavy atom. The highest BCUT2D eigenvalue weighted by molar-refractivity contribution is 6.17. The van der Waals surface area contributed by atoms with Gasteiger partial charge in [-0.05, 0) is 36.8 Å². The summed E-state index contributed by atoms with van der Waals surface area (Å²) in [5.41, 5.74) is 2.69. The van der Waals surface area contributed by atoms with E-state index in [1.165, 1.54) is 31.2 Å². The summed E-state index contributed by atoms with van der Waals surface area (Å²) in [5, 5.41) is 0. The van der Waals surface area contributed by atoms with Gasteiger partial charge in [-0.1, -0.05) is 13.3 Å². The number of aromatic nitrogens is 2. The molecule has 0 N–H and O–H groups in total. The summed E-state index contributed by atoms with van der Waals surface area (Å²) in [5.74, 6) is 2.57. The molecule has 3 nitrogen and oxygen atoms in total. The molecule has 1 heterocycles. The first-order valence-electron chi connectivity index (χ1n) is 7.80. The molecule has 1 saturated carbocycles. The minimum Gasteiger partial charge on any atom is -0.497 e. The lowest BCUT2D eigenvalue weighted by molar-refractivity contribution is 0.101. The van der Waals surface area contributed by atoms with Crippen molar-refractivity contribution in [2.75, 3.05) is 13.0 Å². The molecule has 1 fully saturated rings. The standard InChI is InChI=1S/C17H23ClN2O/c1-3-17(8-4-9-17)12-20-15-6-5-13(21-2)11-14(15)19-16(20)7-10-18/h5-6,11H,3-4,7-10,12H2,1-2H3. The van der Waals surface area contributed by atoms with Crippen molar-refractivity contribution in [3.8, 4) is 5.75 Å². The quantitative estimate of drug-likeness (QED) is 0.739. The fraction of sp³-hybridized carbons (Fsp3) is 0.588. The Bertz CT molecular complexity index is 625.